The molecule has 136 valence electrons. The summed E-state index contributed by atoms with van der Waals surface area (Å²) in [7, 11) is 0. The second-order valence-electron chi connectivity index (χ2n) is 6.32. The Morgan fingerprint density at radius 3 is 2.23 bits per heavy atom. The van der Waals surface area contributed by atoms with Crippen molar-refractivity contribution in [3.05, 3.63) is 59.4 Å². The van der Waals surface area contributed by atoms with Gasteiger partial charge in [0.05, 0.1) is 11.1 Å². The molecule has 0 aliphatic heterocycles. The van der Waals surface area contributed by atoms with Crippen molar-refractivity contribution in [3.8, 4) is 0 Å². The molecule has 1 aliphatic carbocycles. The van der Waals surface area contributed by atoms with Crippen LogP contribution in [0.3, 0.4) is 0 Å². The lowest BCUT2D eigenvalue weighted by molar-refractivity contribution is 0.0927. The normalized spacial score (nSPS) is 14.7. The lowest BCUT2D eigenvalue weighted by Gasteiger charge is -2.22. The molecule has 1 heterocycles. The molecule has 2 amide bonds. The maximum atomic E-state index is 13.7. The average molecular weight is 359 g/mol. The molecular weight excluding hydrogens is 340 g/mol. The van der Waals surface area contributed by atoms with Gasteiger partial charge in [-0.1, -0.05) is 25.3 Å². The van der Waals surface area contributed by atoms with Crippen molar-refractivity contribution in [2.24, 2.45) is 0 Å². The zero-order chi connectivity index (χ0) is 18.5. The van der Waals surface area contributed by atoms with Gasteiger partial charge in [0.25, 0.3) is 11.8 Å². The Balaban J connectivity index is 1.72. The molecule has 0 saturated heterocycles. The Kier molecular flexibility index (Phi) is 5.55. The van der Waals surface area contributed by atoms with Crippen LogP contribution in [-0.2, 0) is 0 Å². The molecule has 1 fully saturated rings. The minimum absolute atomic E-state index is 0.0453. The number of aromatic nitrogens is 1. The minimum Gasteiger partial charge on any atom is -0.349 e. The third kappa shape index (κ3) is 4.22. The summed E-state index contributed by atoms with van der Waals surface area (Å²) in [5.74, 6) is -2.81. The fraction of sp³-hybridized carbons (Fsp3) is 0.316. The zero-order valence-electron chi connectivity index (χ0n) is 14.1. The number of para-hydroxylation sites is 1. The predicted octanol–water partition coefficient (Wildman–Crippen LogP) is 3.67. The van der Waals surface area contributed by atoms with Gasteiger partial charge in [-0.05, 0) is 31.0 Å². The van der Waals surface area contributed by atoms with Gasteiger partial charge in [0.1, 0.15) is 17.3 Å². The highest BCUT2D eigenvalue weighted by Crippen LogP contribution is 2.20. The average Bonchev–Trinajstić information content (AvgIpc) is 2.65. The summed E-state index contributed by atoms with van der Waals surface area (Å²) in [6.45, 7) is 0. The molecule has 2 N–H and O–H groups in total. The fourth-order valence-corrected chi connectivity index (χ4v) is 3.01. The van der Waals surface area contributed by atoms with Crippen molar-refractivity contribution in [2.75, 3.05) is 5.32 Å². The van der Waals surface area contributed by atoms with Crippen LogP contribution < -0.4 is 10.6 Å². The number of hydrogen-bond donors (Lipinski definition) is 2. The van der Waals surface area contributed by atoms with E-state index in [9.17, 15) is 18.4 Å². The van der Waals surface area contributed by atoms with E-state index in [0.29, 0.717) is 0 Å². The summed E-state index contributed by atoms with van der Waals surface area (Å²) in [6.07, 6.45) is 7.82. The van der Waals surface area contributed by atoms with Crippen LogP contribution in [0.25, 0.3) is 0 Å². The summed E-state index contributed by atoms with van der Waals surface area (Å²) < 4.78 is 27.3. The summed E-state index contributed by atoms with van der Waals surface area (Å²) in [5, 5.41) is 5.12. The number of pyridine rings is 1. The van der Waals surface area contributed by atoms with E-state index in [1.807, 2.05) is 0 Å². The van der Waals surface area contributed by atoms with Crippen molar-refractivity contribution < 1.29 is 18.4 Å². The van der Waals surface area contributed by atoms with E-state index < -0.39 is 23.2 Å². The molecular formula is C19H19F2N3O2. The first-order chi connectivity index (χ1) is 12.5. The first-order valence-corrected chi connectivity index (χ1v) is 8.56. The molecule has 1 aromatic heterocycles. The molecule has 0 unspecified atom stereocenters. The predicted molar refractivity (Wildman–Crippen MR) is 92.9 cm³/mol. The van der Waals surface area contributed by atoms with E-state index in [2.05, 4.69) is 15.6 Å². The maximum Gasteiger partial charge on any atom is 0.257 e. The highest BCUT2D eigenvalue weighted by molar-refractivity contribution is 6.06. The minimum atomic E-state index is -0.877. The number of carbonyl (C=O) groups excluding carboxylic acids is 2. The second kappa shape index (κ2) is 8.03. The lowest BCUT2D eigenvalue weighted by Crippen LogP contribution is -2.36. The van der Waals surface area contributed by atoms with Crippen molar-refractivity contribution in [1.82, 2.24) is 10.3 Å². The standard InChI is InChI=1S/C19H19F2N3O2/c20-15-7-4-8-16(21)17(15)24-19(26)13-9-12(10-22-11-13)18(25)23-14-5-2-1-3-6-14/h4,7-11,14H,1-3,5-6H2,(H,23,25)(H,24,26). The van der Waals surface area contributed by atoms with Crippen LogP contribution >= 0.6 is 0 Å². The van der Waals surface area contributed by atoms with Gasteiger partial charge in [0.15, 0.2) is 0 Å². The molecule has 1 aliphatic rings. The number of nitrogens with zero attached hydrogens (tertiary/aromatic N) is 1. The van der Waals surface area contributed by atoms with Crippen molar-refractivity contribution in [1.29, 1.82) is 0 Å². The van der Waals surface area contributed by atoms with Gasteiger partial charge >= 0.3 is 0 Å². The number of anilines is 1. The van der Waals surface area contributed by atoms with Gasteiger partial charge in [0.2, 0.25) is 0 Å². The number of halogens is 2. The van der Waals surface area contributed by atoms with Gasteiger partial charge in [0, 0.05) is 18.4 Å². The Labute approximate surface area is 149 Å². The highest BCUT2D eigenvalue weighted by Gasteiger charge is 2.19. The van der Waals surface area contributed by atoms with Crippen molar-refractivity contribution in [3.63, 3.8) is 0 Å². The van der Waals surface area contributed by atoms with Crippen molar-refractivity contribution >= 4 is 17.5 Å². The maximum absolute atomic E-state index is 13.7. The zero-order valence-corrected chi connectivity index (χ0v) is 14.1. The molecule has 5 nitrogen and oxygen atoms in total. The van der Waals surface area contributed by atoms with Crippen LogP contribution in [0.4, 0.5) is 14.5 Å². The molecule has 0 atom stereocenters. The topological polar surface area (TPSA) is 71.1 Å². The number of hydrogen-bond acceptors (Lipinski definition) is 3. The first-order valence-electron chi connectivity index (χ1n) is 8.56. The van der Waals surface area contributed by atoms with Crippen LogP contribution in [0.5, 0.6) is 0 Å². The van der Waals surface area contributed by atoms with E-state index in [4.69, 9.17) is 0 Å². The largest absolute Gasteiger partial charge is 0.349 e. The number of amides is 2. The number of benzene rings is 1. The van der Waals surface area contributed by atoms with Crippen LogP contribution in [0.2, 0.25) is 0 Å². The third-order valence-corrected chi connectivity index (χ3v) is 4.40. The number of carbonyl (C=O) groups is 2. The molecule has 0 spiro atoms. The van der Waals surface area contributed by atoms with Crippen LogP contribution in [0, 0.1) is 11.6 Å². The molecule has 1 saturated carbocycles. The van der Waals surface area contributed by atoms with Gasteiger partial charge in [-0.15, -0.1) is 0 Å². The van der Waals surface area contributed by atoms with Gasteiger partial charge in [-0.3, -0.25) is 14.6 Å². The Bertz CT molecular complexity index is 800. The van der Waals surface area contributed by atoms with Gasteiger partial charge in [-0.25, -0.2) is 8.78 Å². The van der Waals surface area contributed by atoms with Crippen molar-refractivity contribution in [2.45, 2.75) is 38.1 Å². The Morgan fingerprint density at radius 1 is 0.962 bits per heavy atom. The molecule has 1 aromatic carbocycles. The smallest absolute Gasteiger partial charge is 0.257 e. The van der Waals surface area contributed by atoms with Crippen LogP contribution in [-0.4, -0.2) is 22.8 Å². The second-order valence-corrected chi connectivity index (χ2v) is 6.32. The molecule has 26 heavy (non-hydrogen) atoms. The Hall–Kier alpha value is -2.83. The van der Waals surface area contributed by atoms with Gasteiger partial charge < -0.3 is 10.6 Å². The number of nitrogens with one attached hydrogen (secondary N) is 2. The summed E-state index contributed by atoms with van der Waals surface area (Å²) >= 11 is 0. The highest BCUT2D eigenvalue weighted by atomic mass is 19.1. The van der Waals surface area contributed by atoms with E-state index in [1.54, 1.807) is 0 Å². The fourth-order valence-electron chi connectivity index (χ4n) is 3.01. The van der Waals surface area contributed by atoms with Crippen LogP contribution in [0.1, 0.15) is 52.8 Å². The Morgan fingerprint density at radius 2 is 1.58 bits per heavy atom. The van der Waals surface area contributed by atoms with E-state index in [-0.39, 0.29) is 23.1 Å². The molecule has 2 aromatic rings. The molecule has 0 bridgehead atoms. The molecule has 0 radical (unpaired) electrons. The van der Waals surface area contributed by atoms with E-state index in [1.165, 1.54) is 30.9 Å². The van der Waals surface area contributed by atoms with E-state index >= 15 is 0 Å². The van der Waals surface area contributed by atoms with E-state index in [0.717, 1.165) is 37.8 Å². The first kappa shape index (κ1) is 18.0. The molecule has 3 rings (SSSR count). The molecule has 7 heteroatoms. The summed E-state index contributed by atoms with van der Waals surface area (Å²) in [6, 6.07) is 4.79. The SMILES string of the molecule is O=C(Nc1c(F)cccc1F)c1cncc(C(=O)NC2CCCCC2)c1. The number of rotatable bonds is 4. The third-order valence-electron chi connectivity index (χ3n) is 4.40. The van der Waals surface area contributed by atoms with Crippen LogP contribution in [0.15, 0.2) is 36.7 Å². The van der Waals surface area contributed by atoms with Gasteiger partial charge in [-0.2, -0.15) is 0 Å². The summed E-state index contributed by atoms with van der Waals surface area (Å²) in [4.78, 5) is 28.5. The lowest BCUT2D eigenvalue weighted by atomic mass is 9.95. The summed E-state index contributed by atoms with van der Waals surface area (Å²) in [5.41, 5.74) is -0.254. The monoisotopic (exact) mass is 359 g/mol. The quantitative estimate of drug-likeness (QED) is 0.875.